The van der Waals surface area contributed by atoms with E-state index in [1.807, 2.05) is 26.1 Å². The summed E-state index contributed by atoms with van der Waals surface area (Å²) < 4.78 is 47.9. The second-order valence-electron chi connectivity index (χ2n) is 7.90. The lowest BCUT2D eigenvalue weighted by molar-refractivity contribution is -0.175. The number of amides is 1. The van der Waals surface area contributed by atoms with E-state index in [1.54, 1.807) is 30.1 Å². The number of rotatable bonds is 10. The summed E-state index contributed by atoms with van der Waals surface area (Å²) in [6.07, 6.45) is 0.914. The highest BCUT2D eigenvalue weighted by atomic mass is 19.4. The number of ether oxygens (including phenoxy) is 2. The van der Waals surface area contributed by atoms with Crippen LogP contribution in [0, 0.1) is 6.92 Å². The van der Waals surface area contributed by atoms with Gasteiger partial charge in [-0.2, -0.15) is 18.3 Å². The molecule has 3 aromatic rings. The van der Waals surface area contributed by atoms with Gasteiger partial charge in [0.15, 0.2) is 0 Å². The number of carbonyl (C=O) groups excluding carboxylic acids is 1. The SMILES string of the molecule is Cc1cc(Cn2cc3c(CC(=O)NC(C)C)nccc3n2)cnc1OCCOCC(F)(F)F. The zero-order chi connectivity index (χ0) is 24.0. The topological polar surface area (TPSA) is 91.2 Å². The van der Waals surface area contributed by atoms with Gasteiger partial charge in [0.1, 0.15) is 13.2 Å². The third-order valence-electron chi connectivity index (χ3n) is 4.51. The van der Waals surface area contributed by atoms with Gasteiger partial charge in [-0.15, -0.1) is 0 Å². The van der Waals surface area contributed by atoms with E-state index in [2.05, 4.69) is 25.1 Å². The molecule has 1 amide bonds. The fourth-order valence-electron chi connectivity index (χ4n) is 3.23. The maximum absolute atomic E-state index is 12.1. The Bertz CT molecular complexity index is 1100. The number of halogens is 3. The number of aromatic nitrogens is 4. The Kier molecular flexibility index (Phi) is 7.85. The van der Waals surface area contributed by atoms with Crippen molar-refractivity contribution in [1.29, 1.82) is 0 Å². The third kappa shape index (κ3) is 7.41. The molecule has 0 unspecified atom stereocenters. The van der Waals surface area contributed by atoms with Crippen LogP contribution in [0.25, 0.3) is 10.9 Å². The fourth-order valence-corrected chi connectivity index (χ4v) is 3.23. The maximum Gasteiger partial charge on any atom is 0.411 e. The van der Waals surface area contributed by atoms with Crippen LogP contribution in [0.3, 0.4) is 0 Å². The van der Waals surface area contributed by atoms with Crippen molar-refractivity contribution in [1.82, 2.24) is 25.1 Å². The molecule has 0 saturated heterocycles. The minimum Gasteiger partial charge on any atom is -0.475 e. The highest BCUT2D eigenvalue weighted by Crippen LogP contribution is 2.19. The van der Waals surface area contributed by atoms with Crippen LogP contribution in [-0.4, -0.2) is 57.7 Å². The molecular weight excluding hydrogens is 439 g/mol. The van der Waals surface area contributed by atoms with Crippen molar-refractivity contribution >= 4 is 16.8 Å². The van der Waals surface area contributed by atoms with Crippen molar-refractivity contribution < 1.29 is 27.4 Å². The first-order chi connectivity index (χ1) is 15.6. The van der Waals surface area contributed by atoms with Crippen molar-refractivity contribution in [2.24, 2.45) is 0 Å². The number of nitrogens with one attached hydrogen (secondary N) is 1. The molecule has 3 heterocycles. The molecule has 0 aromatic carbocycles. The number of alkyl halides is 3. The van der Waals surface area contributed by atoms with E-state index >= 15 is 0 Å². The van der Waals surface area contributed by atoms with E-state index in [9.17, 15) is 18.0 Å². The Balaban J connectivity index is 1.62. The quantitative estimate of drug-likeness (QED) is 0.463. The largest absolute Gasteiger partial charge is 0.475 e. The van der Waals surface area contributed by atoms with Crippen LogP contribution in [0.4, 0.5) is 13.2 Å². The number of nitrogens with zero attached hydrogens (tertiary/aromatic N) is 4. The van der Waals surface area contributed by atoms with Crippen LogP contribution in [0.5, 0.6) is 5.88 Å². The van der Waals surface area contributed by atoms with E-state index in [-0.39, 0.29) is 31.6 Å². The minimum atomic E-state index is -4.36. The molecule has 0 aliphatic carbocycles. The van der Waals surface area contributed by atoms with E-state index in [0.717, 1.165) is 22.0 Å². The van der Waals surface area contributed by atoms with Crippen LogP contribution in [0.15, 0.2) is 30.7 Å². The molecule has 1 N–H and O–H groups in total. The van der Waals surface area contributed by atoms with Crippen LogP contribution in [-0.2, 0) is 22.5 Å². The van der Waals surface area contributed by atoms with Gasteiger partial charge in [-0.25, -0.2) is 4.98 Å². The Morgan fingerprint density at radius 1 is 1.24 bits per heavy atom. The molecule has 0 radical (unpaired) electrons. The van der Waals surface area contributed by atoms with Crippen molar-refractivity contribution in [2.75, 3.05) is 19.8 Å². The van der Waals surface area contributed by atoms with Crippen molar-refractivity contribution in [3.05, 3.63) is 47.5 Å². The molecule has 11 heteroatoms. The second kappa shape index (κ2) is 10.6. The highest BCUT2D eigenvalue weighted by Gasteiger charge is 2.27. The van der Waals surface area contributed by atoms with Crippen LogP contribution in [0.2, 0.25) is 0 Å². The fraction of sp³-hybridized carbons (Fsp3) is 0.455. The summed E-state index contributed by atoms with van der Waals surface area (Å²) in [6.45, 7) is 4.52. The first-order valence-electron chi connectivity index (χ1n) is 10.4. The molecule has 3 aromatic heterocycles. The van der Waals surface area contributed by atoms with Gasteiger partial charge >= 0.3 is 6.18 Å². The Morgan fingerprint density at radius 3 is 2.73 bits per heavy atom. The molecule has 0 aliphatic heterocycles. The van der Waals surface area contributed by atoms with Crippen molar-refractivity contribution in [3.8, 4) is 5.88 Å². The molecular formula is C22H26F3N5O3. The van der Waals surface area contributed by atoms with Gasteiger partial charge < -0.3 is 14.8 Å². The molecule has 3 rings (SSSR count). The first-order valence-corrected chi connectivity index (χ1v) is 10.4. The third-order valence-corrected chi connectivity index (χ3v) is 4.51. The standard InChI is InChI=1S/C22H26F3N5O3/c1-14(2)28-20(31)9-19-17-12-30(29-18(17)4-5-26-19)11-16-8-15(3)21(27-10-16)33-7-6-32-13-22(23,24)25/h4-5,8,10,12,14H,6-7,9,11,13H2,1-3H3,(H,28,31). The molecule has 8 nitrogen and oxygen atoms in total. The van der Waals surface area contributed by atoms with Crippen LogP contribution < -0.4 is 10.1 Å². The average Bonchev–Trinajstić information content (AvgIpc) is 3.11. The minimum absolute atomic E-state index is 0.0338. The number of hydrogen-bond donors (Lipinski definition) is 1. The lowest BCUT2D eigenvalue weighted by Crippen LogP contribution is -2.31. The summed E-state index contributed by atoms with van der Waals surface area (Å²) in [6, 6.07) is 3.71. The molecule has 0 spiro atoms. The zero-order valence-corrected chi connectivity index (χ0v) is 18.6. The maximum atomic E-state index is 12.1. The first kappa shape index (κ1) is 24.4. The lowest BCUT2D eigenvalue weighted by atomic mass is 10.2. The van der Waals surface area contributed by atoms with E-state index < -0.39 is 12.8 Å². The molecule has 0 aliphatic rings. The van der Waals surface area contributed by atoms with Gasteiger partial charge in [-0.05, 0) is 38.5 Å². The molecule has 0 bridgehead atoms. The molecule has 178 valence electrons. The summed E-state index contributed by atoms with van der Waals surface area (Å²) in [5.74, 6) is 0.236. The predicted octanol–water partition coefficient (Wildman–Crippen LogP) is 3.21. The van der Waals surface area contributed by atoms with E-state index in [1.165, 1.54) is 0 Å². The van der Waals surface area contributed by atoms with Gasteiger partial charge in [0.25, 0.3) is 0 Å². The Labute approximate surface area is 189 Å². The van der Waals surface area contributed by atoms with Gasteiger partial charge in [0.2, 0.25) is 11.8 Å². The smallest absolute Gasteiger partial charge is 0.411 e. The van der Waals surface area contributed by atoms with Gasteiger partial charge in [-0.3, -0.25) is 14.5 Å². The number of hydrogen-bond acceptors (Lipinski definition) is 6. The summed E-state index contributed by atoms with van der Waals surface area (Å²) in [5, 5.41) is 8.22. The van der Waals surface area contributed by atoms with Gasteiger partial charge in [-0.1, -0.05) is 0 Å². The van der Waals surface area contributed by atoms with Gasteiger partial charge in [0.05, 0.1) is 30.8 Å². The Morgan fingerprint density at radius 2 is 2.03 bits per heavy atom. The van der Waals surface area contributed by atoms with Gasteiger partial charge in [0, 0.05) is 35.6 Å². The van der Waals surface area contributed by atoms with E-state index in [4.69, 9.17) is 4.74 Å². The molecule has 33 heavy (non-hydrogen) atoms. The number of fused-ring (bicyclic) bond motifs is 1. The zero-order valence-electron chi connectivity index (χ0n) is 18.6. The number of aryl methyl sites for hydroxylation is 1. The average molecular weight is 465 g/mol. The molecule has 0 saturated carbocycles. The van der Waals surface area contributed by atoms with E-state index in [0.29, 0.717) is 18.1 Å². The second-order valence-corrected chi connectivity index (χ2v) is 7.90. The summed E-state index contributed by atoms with van der Waals surface area (Å²) in [5.41, 5.74) is 3.00. The van der Waals surface area contributed by atoms with Crippen molar-refractivity contribution in [2.45, 2.75) is 46.0 Å². The Hall–Kier alpha value is -3.21. The van der Waals surface area contributed by atoms with Crippen LogP contribution >= 0.6 is 0 Å². The number of pyridine rings is 2. The normalized spacial score (nSPS) is 11.8. The number of carbonyl (C=O) groups is 1. The molecule has 0 fully saturated rings. The van der Waals surface area contributed by atoms with Crippen molar-refractivity contribution in [3.63, 3.8) is 0 Å². The predicted molar refractivity (Wildman–Crippen MR) is 115 cm³/mol. The summed E-state index contributed by atoms with van der Waals surface area (Å²) in [4.78, 5) is 20.7. The molecule has 0 atom stereocenters. The van der Waals surface area contributed by atoms with Crippen LogP contribution in [0.1, 0.15) is 30.7 Å². The monoisotopic (exact) mass is 465 g/mol. The summed E-state index contributed by atoms with van der Waals surface area (Å²) in [7, 11) is 0. The highest BCUT2D eigenvalue weighted by molar-refractivity contribution is 5.86. The summed E-state index contributed by atoms with van der Waals surface area (Å²) >= 11 is 0. The lowest BCUT2D eigenvalue weighted by Gasteiger charge is -2.11.